The number of carbonyl (C=O) groups is 1. The number of hydrogen-bond donors (Lipinski definition) is 1. The van der Waals surface area contributed by atoms with Crippen LogP contribution in [0.5, 0.6) is 5.75 Å². The number of phenolic OH excluding ortho intramolecular Hbond substituents is 1. The summed E-state index contributed by atoms with van der Waals surface area (Å²) in [6.07, 6.45) is 0. The number of hydrogen-bond acceptors (Lipinski definition) is 3. The lowest BCUT2D eigenvalue weighted by Gasteiger charge is -2.18. The zero-order valence-corrected chi connectivity index (χ0v) is 15.8. The Morgan fingerprint density at radius 2 is 1.74 bits per heavy atom. The smallest absolute Gasteiger partial charge is 0.282 e. The zero-order valence-electron chi connectivity index (χ0n) is 14.3. The Morgan fingerprint density at radius 1 is 0.963 bits per heavy atom. The van der Waals surface area contributed by atoms with Gasteiger partial charge in [-0.3, -0.25) is 9.69 Å². The van der Waals surface area contributed by atoms with Gasteiger partial charge >= 0.3 is 0 Å². The first-order chi connectivity index (χ1) is 13.0. The number of para-hydroxylation sites is 2. The number of carbonyl (C=O) groups excluding carboxylic acids is 1. The number of benzene rings is 3. The molecule has 0 fully saturated rings. The minimum Gasteiger partial charge on any atom is -0.506 e. The Morgan fingerprint density at radius 3 is 2.48 bits per heavy atom. The summed E-state index contributed by atoms with van der Waals surface area (Å²) in [6, 6.07) is 17.2. The molecule has 3 aromatic rings. The second kappa shape index (κ2) is 6.72. The lowest BCUT2D eigenvalue weighted by Crippen LogP contribution is -2.25. The molecule has 1 aliphatic heterocycles. The molecule has 0 saturated carbocycles. The van der Waals surface area contributed by atoms with Crippen molar-refractivity contribution in [2.24, 2.45) is 4.99 Å². The second-order valence-electron chi connectivity index (χ2n) is 6.18. The van der Waals surface area contributed by atoms with E-state index in [0.717, 1.165) is 5.56 Å². The summed E-state index contributed by atoms with van der Waals surface area (Å²) >= 11 is 12.3. The van der Waals surface area contributed by atoms with Crippen molar-refractivity contribution in [1.82, 2.24) is 0 Å². The van der Waals surface area contributed by atoms with Gasteiger partial charge in [0.15, 0.2) is 0 Å². The topological polar surface area (TPSA) is 52.9 Å². The number of aromatic hydroxyl groups is 1. The molecule has 0 saturated heterocycles. The van der Waals surface area contributed by atoms with Crippen molar-refractivity contribution in [2.75, 3.05) is 4.90 Å². The first kappa shape index (κ1) is 17.6. The lowest BCUT2D eigenvalue weighted by molar-refractivity contribution is -0.111. The fourth-order valence-electron chi connectivity index (χ4n) is 3.00. The molecule has 0 bridgehead atoms. The van der Waals surface area contributed by atoms with E-state index in [2.05, 4.69) is 4.99 Å². The molecule has 1 amide bonds. The van der Waals surface area contributed by atoms with Gasteiger partial charge in [0.2, 0.25) is 0 Å². The van der Waals surface area contributed by atoms with E-state index in [1.165, 1.54) is 11.0 Å². The zero-order chi connectivity index (χ0) is 19.1. The summed E-state index contributed by atoms with van der Waals surface area (Å²) < 4.78 is 0. The Hall–Kier alpha value is -2.82. The molecule has 4 rings (SSSR count). The first-order valence-electron chi connectivity index (χ1n) is 8.23. The highest BCUT2D eigenvalue weighted by atomic mass is 35.5. The van der Waals surface area contributed by atoms with Crippen LogP contribution >= 0.6 is 23.2 Å². The van der Waals surface area contributed by atoms with Crippen LogP contribution in [0.15, 0.2) is 65.7 Å². The monoisotopic (exact) mass is 396 g/mol. The van der Waals surface area contributed by atoms with Crippen LogP contribution in [0.3, 0.4) is 0 Å². The van der Waals surface area contributed by atoms with E-state index in [1.807, 2.05) is 13.0 Å². The standard InChI is InChI=1S/C21H14Cl2N2O2/c1-12-6-8-14(11-16(12)23)24-20-15-10-13(22)7-9-17(15)25(21(20)27)18-4-2-3-5-19(18)26/h2-11,26H,1H3. The van der Waals surface area contributed by atoms with Crippen LogP contribution in [0.1, 0.15) is 11.1 Å². The quantitative estimate of drug-likeness (QED) is 0.594. The van der Waals surface area contributed by atoms with Crippen LogP contribution in [0.2, 0.25) is 10.0 Å². The predicted molar refractivity (Wildman–Crippen MR) is 109 cm³/mol. The molecule has 27 heavy (non-hydrogen) atoms. The van der Waals surface area contributed by atoms with Crippen LogP contribution in [-0.2, 0) is 4.79 Å². The van der Waals surface area contributed by atoms with E-state index >= 15 is 0 Å². The van der Waals surface area contributed by atoms with E-state index < -0.39 is 0 Å². The highest BCUT2D eigenvalue weighted by Crippen LogP contribution is 2.41. The summed E-state index contributed by atoms with van der Waals surface area (Å²) in [5.74, 6) is -0.336. The summed E-state index contributed by atoms with van der Waals surface area (Å²) in [7, 11) is 0. The molecule has 0 radical (unpaired) electrons. The molecule has 1 N–H and O–H groups in total. The maximum absolute atomic E-state index is 13.2. The Labute approximate surface area is 166 Å². The van der Waals surface area contributed by atoms with Crippen molar-refractivity contribution >= 4 is 51.9 Å². The van der Waals surface area contributed by atoms with E-state index in [0.29, 0.717) is 32.7 Å². The summed E-state index contributed by atoms with van der Waals surface area (Å²) in [5.41, 5.74) is 3.35. The minimum absolute atomic E-state index is 0.00591. The number of phenols is 1. The van der Waals surface area contributed by atoms with Gasteiger partial charge in [-0.1, -0.05) is 41.4 Å². The fraction of sp³-hybridized carbons (Fsp3) is 0.0476. The maximum Gasteiger partial charge on any atom is 0.282 e. The van der Waals surface area contributed by atoms with Crippen molar-refractivity contribution in [1.29, 1.82) is 0 Å². The van der Waals surface area contributed by atoms with Gasteiger partial charge in [-0.25, -0.2) is 4.99 Å². The molecule has 134 valence electrons. The van der Waals surface area contributed by atoms with Crippen molar-refractivity contribution < 1.29 is 9.90 Å². The Balaban J connectivity index is 1.90. The predicted octanol–water partition coefficient (Wildman–Crippen LogP) is 5.81. The lowest BCUT2D eigenvalue weighted by atomic mass is 10.1. The number of halogens is 2. The fourth-order valence-corrected chi connectivity index (χ4v) is 3.35. The van der Waals surface area contributed by atoms with Gasteiger partial charge in [0.25, 0.3) is 5.91 Å². The number of aliphatic imine (C=N–C) groups is 1. The molecular formula is C21H14Cl2N2O2. The van der Waals surface area contributed by atoms with E-state index in [4.69, 9.17) is 23.2 Å². The number of fused-ring (bicyclic) bond motifs is 1. The number of rotatable bonds is 2. The molecule has 3 aromatic carbocycles. The average Bonchev–Trinajstić information content (AvgIpc) is 2.90. The highest BCUT2D eigenvalue weighted by Gasteiger charge is 2.36. The van der Waals surface area contributed by atoms with Gasteiger partial charge in [0.1, 0.15) is 11.5 Å². The molecule has 1 heterocycles. The van der Waals surface area contributed by atoms with Crippen LogP contribution in [-0.4, -0.2) is 16.7 Å². The first-order valence-corrected chi connectivity index (χ1v) is 8.98. The molecule has 0 aromatic heterocycles. The summed E-state index contributed by atoms with van der Waals surface area (Å²) in [5, 5.41) is 11.3. The average molecular weight is 397 g/mol. The second-order valence-corrected chi connectivity index (χ2v) is 7.03. The van der Waals surface area contributed by atoms with Crippen molar-refractivity contribution in [3.63, 3.8) is 0 Å². The minimum atomic E-state index is -0.342. The maximum atomic E-state index is 13.2. The van der Waals surface area contributed by atoms with Crippen LogP contribution in [0.4, 0.5) is 17.1 Å². The summed E-state index contributed by atoms with van der Waals surface area (Å²) in [4.78, 5) is 19.2. The third kappa shape index (κ3) is 3.07. The Bertz CT molecular complexity index is 1110. The molecule has 6 heteroatoms. The molecular weight excluding hydrogens is 383 g/mol. The largest absolute Gasteiger partial charge is 0.506 e. The number of aryl methyl sites for hydroxylation is 1. The molecule has 0 aliphatic carbocycles. The molecule has 1 aliphatic rings. The molecule has 4 nitrogen and oxygen atoms in total. The molecule has 0 unspecified atom stereocenters. The number of nitrogens with zero attached hydrogens (tertiary/aromatic N) is 2. The summed E-state index contributed by atoms with van der Waals surface area (Å²) in [6.45, 7) is 1.90. The van der Waals surface area contributed by atoms with Gasteiger partial charge in [0, 0.05) is 15.6 Å². The van der Waals surface area contributed by atoms with Gasteiger partial charge in [-0.05, 0) is 55.0 Å². The van der Waals surface area contributed by atoms with Crippen LogP contribution < -0.4 is 4.90 Å². The molecule has 0 spiro atoms. The third-order valence-corrected chi connectivity index (χ3v) is 5.02. The molecule has 0 atom stereocenters. The van der Waals surface area contributed by atoms with E-state index in [-0.39, 0.29) is 17.4 Å². The van der Waals surface area contributed by atoms with Crippen LogP contribution in [0, 0.1) is 6.92 Å². The van der Waals surface area contributed by atoms with Gasteiger partial charge in [-0.15, -0.1) is 0 Å². The van der Waals surface area contributed by atoms with Crippen molar-refractivity contribution in [3.8, 4) is 5.75 Å². The Kier molecular flexibility index (Phi) is 4.38. The van der Waals surface area contributed by atoms with Gasteiger partial charge in [-0.2, -0.15) is 0 Å². The van der Waals surface area contributed by atoms with Crippen molar-refractivity contribution in [2.45, 2.75) is 6.92 Å². The number of amides is 1. The van der Waals surface area contributed by atoms with Crippen molar-refractivity contribution in [3.05, 3.63) is 81.8 Å². The van der Waals surface area contributed by atoms with Gasteiger partial charge in [0.05, 0.1) is 17.1 Å². The number of anilines is 2. The van der Waals surface area contributed by atoms with Gasteiger partial charge < -0.3 is 5.11 Å². The van der Waals surface area contributed by atoms with E-state index in [1.54, 1.807) is 48.5 Å². The normalized spacial score (nSPS) is 14.7. The third-order valence-electron chi connectivity index (χ3n) is 4.38. The SMILES string of the molecule is Cc1ccc(N=C2C(=O)N(c3ccccc3O)c3ccc(Cl)cc32)cc1Cl. The van der Waals surface area contributed by atoms with Crippen LogP contribution in [0.25, 0.3) is 0 Å². The van der Waals surface area contributed by atoms with E-state index in [9.17, 15) is 9.90 Å². The highest BCUT2D eigenvalue weighted by molar-refractivity contribution is 6.56.